The fraction of sp³-hybridized carbons (Fsp3) is 0.353. The van der Waals surface area contributed by atoms with Crippen molar-refractivity contribution in [1.29, 1.82) is 0 Å². The van der Waals surface area contributed by atoms with Gasteiger partial charge in [-0.1, -0.05) is 23.7 Å². The van der Waals surface area contributed by atoms with Crippen molar-refractivity contribution in [3.8, 4) is 0 Å². The number of morpholine rings is 1. The summed E-state index contributed by atoms with van der Waals surface area (Å²) in [7, 11) is 0. The first kappa shape index (κ1) is 15.1. The van der Waals surface area contributed by atoms with Crippen LogP contribution in [0, 0.1) is 0 Å². The normalized spacial score (nSPS) is 18.4. The molecule has 1 aliphatic rings. The first-order valence-electron chi connectivity index (χ1n) is 7.39. The third-order valence-corrected chi connectivity index (χ3v) is 4.04. The van der Waals surface area contributed by atoms with E-state index in [4.69, 9.17) is 20.8 Å². The lowest BCUT2D eigenvalue weighted by atomic mass is 10.1. The minimum absolute atomic E-state index is 0.111. The van der Waals surface area contributed by atoms with E-state index in [9.17, 15) is 4.79 Å². The van der Waals surface area contributed by atoms with Gasteiger partial charge < -0.3 is 14.1 Å². The third kappa shape index (κ3) is 3.70. The summed E-state index contributed by atoms with van der Waals surface area (Å²) < 4.78 is 11.0. The van der Waals surface area contributed by atoms with Crippen LogP contribution in [0.4, 0.5) is 0 Å². The smallest absolute Gasteiger partial charge is 0.223 e. The van der Waals surface area contributed by atoms with E-state index in [0.29, 0.717) is 37.6 Å². The van der Waals surface area contributed by atoms with Crippen molar-refractivity contribution in [3.05, 3.63) is 59.0 Å². The molecule has 116 valence electrons. The molecule has 4 nitrogen and oxygen atoms in total. The summed E-state index contributed by atoms with van der Waals surface area (Å²) >= 11 is 6.02. The van der Waals surface area contributed by atoms with E-state index in [-0.39, 0.29) is 12.0 Å². The van der Waals surface area contributed by atoms with Gasteiger partial charge in [-0.2, -0.15) is 0 Å². The molecule has 2 aromatic rings. The highest BCUT2D eigenvalue weighted by Crippen LogP contribution is 2.25. The van der Waals surface area contributed by atoms with Crippen molar-refractivity contribution < 1.29 is 13.9 Å². The van der Waals surface area contributed by atoms with Gasteiger partial charge in [0.05, 0.1) is 19.4 Å². The number of carbonyl (C=O) groups excluding carboxylic acids is 1. The molecule has 0 radical (unpaired) electrons. The fourth-order valence-corrected chi connectivity index (χ4v) is 2.83. The number of furan rings is 1. The van der Waals surface area contributed by atoms with Gasteiger partial charge in [0, 0.05) is 24.4 Å². The molecule has 1 aliphatic heterocycles. The number of halogens is 1. The Hall–Kier alpha value is -1.78. The molecule has 0 N–H and O–H groups in total. The molecule has 3 rings (SSSR count). The molecule has 1 aromatic carbocycles. The van der Waals surface area contributed by atoms with Crippen molar-refractivity contribution >= 4 is 17.5 Å². The molecule has 1 amide bonds. The van der Waals surface area contributed by atoms with E-state index in [1.807, 2.05) is 41.3 Å². The van der Waals surface area contributed by atoms with Crippen LogP contribution in [0.25, 0.3) is 0 Å². The average molecular weight is 320 g/mol. The maximum absolute atomic E-state index is 12.3. The van der Waals surface area contributed by atoms with E-state index < -0.39 is 0 Å². The first-order chi connectivity index (χ1) is 10.7. The molecule has 22 heavy (non-hydrogen) atoms. The van der Waals surface area contributed by atoms with E-state index in [1.54, 1.807) is 6.26 Å². The van der Waals surface area contributed by atoms with Gasteiger partial charge >= 0.3 is 0 Å². The summed E-state index contributed by atoms with van der Waals surface area (Å²) in [5.41, 5.74) is 1.01. The number of amides is 1. The second-order valence-corrected chi connectivity index (χ2v) is 5.77. The van der Waals surface area contributed by atoms with Crippen LogP contribution in [0.2, 0.25) is 5.02 Å². The van der Waals surface area contributed by atoms with E-state index >= 15 is 0 Å². The van der Waals surface area contributed by atoms with Crippen LogP contribution in [0.3, 0.4) is 0 Å². The lowest BCUT2D eigenvalue weighted by Crippen LogP contribution is -2.42. The highest BCUT2D eigenvalue weighted by atomic mass is 35.5. The van der Waals surface area contributed by atoms with Crippen LogP contribution in [0.15, 0.2) is 47.1 Å². The van der Waals surface area contributed by atoms with Crippen molar-refractivity contribution in [1.82, 2.24) is 4.90 Å². The molecule has 1 fully saturated rings. The van der Waals surface area contributed by atoms with Crippen LogP contribution < -0.4 is 0 Å². The topological polar surface area (TPSA) is 42.7 Å². The Morgan fingerprint density at radius 3 is 3.00 bits per heavy atom. The molecule has 0 aliphatic carbocycles. The van der Waals surface area contributed by atoms with Crippen LogP contribution in [0.1, 0.15) is 23.8 Å². The van der Waals surface area contributed by atoms with Gasteiger partial charge in [-0.3, -0.25) is 4.79 Å². The molecule has 0 spiro atoms. The molecule has 2 heterocycles. The Morgan fingerprint density at radius 1 is 1.32 bits per heavy atom. The zero-order valence-electron chi connectivity index (χ0n) is 12.2. The van der Waals surface area contributed by atoms with Crippen LogP contribution in [-0.4, -0.2) is 30.5 Å². The molecule has 0 bridgehead atoms. The highest BCUT2D eigenvalue weighted by molar-refractivity contribution is 6.30. The Balaban J connectivity index is 1.59. The monoisotopic (exact) mass is 319 g/mol. The molecule has 0 saturated carbocycles. The summed E-state index contributed by atoms with van der Waals surface area (Å²) in [5.74, 6) is 0.972. The minimum Gasteiger partial charge on any atom is -0.469 e. The van der Waals surface area contributed by atoms with Crippen LogP contribution in [0.5, 0.6) is 0 Å². The van der Waals surface area contributed by atoms with Crippen molar-refractivity contribution in [2.45, 2.75) is 18.9 Å². The van der Waals surface area contributed by atoms with Crippen molar-refractivity contribution in [3.63, 3.8) is 0 Å². The zero-order chi connectivity index (χ0) is 15.4. The number of benzene rings is 1. The first-order valence-corrected chi connectivity index (χ1v) is 7.77. The van der Waals surface area contributed by atoms with Gasteiger partial charge in [-0.05, 0) is 29.8 Å². The number of aryl methyl sites for hydroxylation is 1. The van der Waals surface area contributed by atoms with Gasteiger partial charge in [0.1, 0.15) is 11.9 Å². The van der Waals surface area contributed by atoms with E-state index in [2.05, 4.69) is 0 Å². The number of hydrogen-bond acceptors (Lipinski definition) is 3. The van der Waals surface area contributed by atoms with Gasteiger partial charge in [0.25, 0.3) is 0 Å². The Morgan fingerprint density at radius 2 is 2.23 bits per heavy atom. The van der Waals surface area contributed by atoms with E-state index in [1.165, 1.54) is 0 Å². The van der Waals surface area contributed by atoms with Gasteiger partial charge in [-0.15, -0.1) is 0 Å². The summed E-state index contributed by atoms with van der Waals surface area (Å²) in [6.45, 7) is 1.75. The summed E-state index contributed by atoms with van der Waals surface area (Å²) in [6, 6.07) is 11.3. The second kappa shape index (κ2) is 6.99. The summed E-state index contributed by atoms with van der Waals surface area (Å²) in [6.07, 6.45) is 2.60. The summed E-state index contributed by atoms with van der Waals surface area (Å²) in [4.78, 5) is 14.2. The Kier molecular flexibility index (Phi) is 4.80. The SMILES string of the molecule is O=C(CCc1ccco1)N1CCOC(c2cccc(Cl)c2)C1. The maximum atomic E-state index is 12.3. The number of hydrogen-bond donors (Lipinski definition) is 0. The molecule has 1 saturated heterocycles. The molecule has 1 unspecified atom stereocenters. The molecule has 5 heteroatoms. The molecular weight excluding hydrogens is 302 g/mol. The predicted molar refractivity (Wildman–Crippen MR) is 83.8 cm³/mol. The average Bonchev–Trinajstić information content (AvgIpc) is 3.06. The lowest BCUT2D eigenvalue weighted by Gasteiger charge is -2.33. The number of rotatable bonds is 4. The van der Waals surface area contributed by atoms with Crippen molar-refractivity contribution in [2.24, 2.45) is 0 Å². The second-order valence-electron chi connectivity index (χ2n) is 5.33. The maximum Gasteiger partial charge on any atom is 0.223 e. The van der Waals surface area contributed by atoms with Gasteiger partial charge in [0.15, 0.2) is 0 Å². The van der Waals surface area contributed by atoms with Gasteiger partial charge in [-0.25, -0.2) is 0 Å². The fourth-order valence-electron chi connectivity index (χ4n) is 2.63. The number of nitrogens with zero attached hydrogens (tertiary/aromatic N) is 1. The Labute approximate surface area is 134 Å². The molecular formula is C17H18ClNO3. The highest BCUT2D eigenvalue weighted by Gasteiger charge is 2.25. The molecule has 1 atom stereocenters. The summed E-state index contributed by atoms with van der Waals surface area (Å²) in [5, 5.41) is 0.683. The standard InChI is InChI=1S/C17H18ClNO3/c18-14-4-1-3-13(11-14)16-12-19(8-10-22-16)17(20)7-6-15-5-2-9-21-15/h1-5,9,11,16H,6-8,10,12H2. The largest absolute Gasteiger partial charge is 0.469 e. The number of carbonyl (C=O) groups is 1. The minimum atomic E-state index is -0.111. The quantitative estimate of drug-likeness (QED) is 0.866. The van der Waals surface area contributed by atoms with Crippen LogP contribution >= 0.6 is 11.6 Å². The van der Waals surface area contributed by atoms with Crippen LogP contribution in [-0.2, 0) is 16.0 Å². The van der Waals surface area contributed by atoms with Crippen molar-refractivity contribution in [2.75, 3.05) is 19.7 Å². The predicted octanol–water partition coefficient (Wildman–Crippen LogP) is 3.47. The number of ether oxygens (including phenoxy) is 1. The lowest BCUT2D eigenvalue weighted by molar-refractivity contribution is -0.139. The molecule has 1 aromatic heterocycles. The van der Waals surface area contributed by atoms with Gasteiger partial charge in [0.2, 0.25) is 5.91 Å². The zero-order valence-corrected chi connectivity index (χ0v) is 13.0. The third-order valence-electron chi connectivity index (χ3n) is 3.80. The van der Waals surface area contributed by atoms with E-state index in [0.717, 1.165) is 11.3 Å². The Bertz CT molecular complexity index is 627.